The number of methoxy groups -OCH3 is 1. The minimum atomic E-state index is -0.520. The quantitative estimate of drug-likeness (QED) is 0.332. The molecule has 0 unspecified atom stereocenters. The number of rotatable bonds is 13. The first-order valence-corrected chi connectivity index (χ1v) is 13.7. The molecule has 2 N–H and O–H groups in total. The van der Waals surface area contributed by atoms with Crippen LogP contribution in [0.4, 0.5) is 0 Å². The number of hydrogen-bond donors (Lipinski definition) is 1. The van der Waals surface area contributed by atoms with Crippen molar-refractivity contribution in [1.82, 2.24) is 14.5 Å². The molecule has 2 amide bonds. The average Bonchev–Trinajstić information content (AvgIpc) is 3.27. The lowest BCUT2D eigenvalue weighted by molar-refractivity contribution is -0.176. The largest absolute Gasteiger partial charge is 0.497 e. The topological polar surface area (TPSA) is 99.7 Å². The Bertz CT molecular complexity index is 1280. The third-order valence-electron chi connectivity index (χ3n) is 7.64. The molecule has 1 atom stereocenters. The van der Waals surface area contributed by atoms with Gasteiger partial charge in [0.25, 0.3) is 0 Å². The van der Waals surface area contributed by atoms with Crippen LogP contribution in [-0.2, 0) is 32.8 Å². The van der Waals surface area contributed by atoms with Crippen molar-refractivity contribution >= 4 is 11.8 Å². The molecule has 0 spiro atoms. The molecule has 0 saturated carbocycles. The Labute approximate surface area is 231 Å². The molecule has 39 heavy (non-hydrogen) atoms. The summed E-state index contributed by atoms with van der Waals surface area (Å²) in [7, 11) is 1.63. The number of aryl methyl sites for hydroxylation is 2. The highest BCUT2D eigenvalue weighted by Crippen LogP contribution is 2.39. The van der Waals surface area contributed by atoms with Gasteiger partial charge in [-0.25, -0.2) is 4.98 Å². The standard InChI is InChI=1S/C31H40N4O4/c1-5-6-17-39-31(26-10-8-7-9-22(26)2)19-34(20-31)30(37)28(18-24-11-13-25(38-4)14-12-24)35-21-33-23(3)27(35)15-16-29(32)36/h7-14,21,28H,5-6,15-20H2,1-4H3,(H2,32,36)/t28-/m1/s1. The van der Waals surface area contributed by atoms with E-state index in [2.05, 4.69) is 31.0 Å². The summed E-state index contributed by atoms with van der Waals surface area (Å²) in [5.74, 6) is 0.388. The van der Waals surface area contributed by atoms with Gasteiger partial charge in [0, 0.05) is 25.1 Å². The monoisotopic (exact) mass is 532 g/mol. The van der Waals surface area contributed by atoms with Crippen LogP contribution in [0.25, 0.3) is 0 Å². The van der Waals surface area contributed by atoms with Gasteiger partial charge in [0.15, 0.2) is 0 Å². The van der Waals surface area contributed by atoms with Crippen molar-refractivity contribution in [3.8, 4) is 5.75 Å². The van der Waals surface area contributed by atoms with Gasteiger partial charge in [-0.15, -0.1) is 0 Å². The number of aromatic nitrogens is 2. The number of unbranched alkanes of at least 4 members (excludes halogenated alkanes) is 1. The molecule has 1 aromatic heterocycles. The van der Waals surface area contributed by atoms with E-state index in [-0.39, 0.29) is 18.2 Å². The third kappa shape index (κ3) is 6.33. The molecular formula is C31H40N4O4. The molecular weight excluding hydrogens is 492 g/mol. The molecule has 1 aliphatic rings. The Balaban J connectivity index is 1.63. The summed E-state index contributed by atoms with van der Waals surface area (Å²) >= 11 is 0. The van der Waals surface area contributed by atoms with E-state index >= 15 is 0 Å². The van der Waals surface area contributed by atoms with Crippen molar-refractivity contribution in [3.05, 3.63) is 82.9 Å². The van der Waals surface area contributed by atoms with E-state index in [1.165, 1.54) is 0 Å². The molecule has 4 rings (SSSR count). The number of likely N-dealkylation sites (tertiary alicyclic amines) is 1. The molecule has 1 aliphatic heterocycles. The minimum Gasteiger partial charge on any atom is -0.497 e. The highest BCUT2D eigenvalue weighted by molar-refractivity contribution is 5.82. The molecule has 2 heterocycles. The summed E-state index contributed by atoms with van der Waals surface area (Å²) < 4.78 is 13.7. The molecule has 208 valence electrons. The fraction of sp³-hybridized carbons (Fsp3) is 0.452. The summed E-state index contributed by atoms with van der Waals surface area (Å²) in [5.41, 5.74) is 9.89. The molecule has 0 radical (unpaired) electrons. The summed E-state index contributed by atoms with van der Waals surface area (Å²) in [6.07, 6.45) is 4.84. The number of imidazole rings is 1. The molecule has 1 fully saturated rings. The van der Waals surface area contributed by atoms with Gasteiger partial charge in [-0.05, 0) is 55.5 Å². The lowest BCUT2D eigenvalue weighted by Crippen LogP contribution is -2.64. The van der Waals surface area contributed by atoms with Crippen molar-refractivity contribution in [2.45, 2.75) is 64.5 Å². The van der Waals surface area contributed by atoms with E-state index in [0.717, 1.165) is 46.7 Å². The number of carbonyl (C=O) groups excluding carboxylic acids is 2. The van der Waals surface area contributed by atoms with Gasteiger partial charge in [0.05, 0.1) is 32.2 Å². The van der Waals surface area contributed by atoms with Gasteiger partial charge in [0.2, 0.25) is 11.8 Å². The van der Waals surface area contributed by atoms with Crippen molar-refractivity contribution < 1.29 is 19.1 Å². The highest BCUT2D eigenvalue weighted by atomic mass is 16.5. The normalized spacial score (nSPS) is 15.0. The lowest BCUT2D eigenvalue weighted by Gasteiger charge is -2.51. The Morgan fingerprint density at radius 3 is 2.46 bits per heavy atom. The van der Waals surface area contributed by atoms with Crippen LogP contribution in [0.1, 0.15) is 60.3 Å². The number of ether oxygens (including phenoxy) is 2. The second-order valence-electron chi connectivity index (χ2n) is 10.4. The summed E-state index contributed by atoms with van der Waals surface area (Å²) in [6.45, 7) is 7.77. The molecule has 1 saturated heterocycles. The second kappa shape index (κ2) is 12.5. The van der Waals surface area contributed by atoms with Gasteiger partial charge >= 0.3 is 0 Å². The van der Waals surface area contributed by atoms with Crippen LogP contribution in [0.3, 0.4) is 0 Å². The number of carbonyl (C=O) groups is 2. The molecule has 3 aromatic rings. The van der Waals surface area contributed by atoms with E-state index in [9.17, 15) is 9.59 Å². The first-order valence-electron chi connectivity index (χ1n) is 13.7. The Morgan fingerprint density at radius 2 is 1.82 bits per heavy atom. The number of nitrogens with zero attached hydrogens (tertiary/aromatic N) is 3. The van der Waals surface area contributed by atoms with E-state index in [1.807, 2.05) is 52.8 Å². The first-order chi connectivity index (χ1) is 18.8. The van der Waals surface area contributed by atoms with Crippen molar-refractivity contribution in [2.75, 3.05) is 26.8 Å². The van der Waals surface area contributed by atoms with Crippen LogP contribution in [-0.4, -0.2) is 53.1 Å². The summed E-state index contributed by atoms with van der Waals surface area (Å²) in [6, 6.07) is 15.5. The summed E-state index contributed by atoms with van der Waals surface area (Å²) in [4.78, 5) is 32.2. The van der Waals surface area contributed by atoms with E-state index in [1.54, 1.807) is 13.4 Å². The maximum atomic E-state index is 14.2. The average molecular weight is 533 g/mol. The molecule has 0 aliphatic carbocycles. The number of nitrogens with two attached hydrogens (primary N) is 1. The lowest BCUT2D eigenvalue weighted by atomic mass is 9.82. The van der Waals surface area contributed by atoms with Crippen LogP contribution in [0, 0.1) is 13.8 Å². The van der Waals surface area contributed by atoms with Crippen LogP contribution in [0.15, 0.2) is 54.9 Å². The van der Waals surface area contributed by atoms with Gasteiger partial charge in [0.1, 0.15) is 17.4 Å². The highest BCUT2D eigenvalue weighted by Gasteiger charge is 2.49. The van der Waals surface area contributed by atoms with E-state index < -0.39 is 11.6 Å². The van der Waals surface area contributed by atoms with Crippen LogP contribution < -0.4 is 10.5 Å². The van der Waals surface area contributed by atoms with Gasteiger partial charge in [-0.3, -0.25) is 9.59 Å². The fourth-order valence-corrected chi connectivity index (χ4v) is 5.36. The van der Waals surface area contributed by atoms with Crippen LogP contribution >= 0.6 is 0 Å². The van der Waals surface area contributed by atoms with Gasteiger partial charge in [-0.1, -0.05) is 49.7 Å². The summed E-state index contributed by atoms with van der Waals surface area (Å²) in [5, 5.41) is 0. The van der Waals surface area contributed by atoms with E-state index in [0.29, 0.717) is 32.5 Å². The molecule has 0 bridgehead atoms. The van der Waals surface area contributed by atoms with Gasteiger partial charge in [-0.2, -0.15) is 0 Å². The second-order valence-corrected chi connectivity index (χ2v) is 10.4. The van der Waals surface area contributed by atoms with E-state index in [4.69, 9.17) is 15.2 Å². The predicted molar refractivity (Wildman–Crippen MR) is 151 cm³/mol. The zero-order valence-electron chi connectivity index (χ0n) is 23.5. The third-order valence-corrected chi connectivity index (χ3v) is 7.64. The predicted octanol–water partition coefficient (Wildman–Crippen LogP) is 4.26. The number of amides is 2. The zero-order chi connectivity index (χ0) is 28.0. The van der Waals surface area contributed by atoms with Gasteiger partial charge < -0.3 is 24.7 Å². The Kier molecular flexibility index (Phi) is 9.07. The number of primary amides is 1. The Hall–Kier alpha value is -3.65. The number of benzene rings is 2. The van der Waals surface area contributed by atoms with Crippen LogP contribution in [0.5, 0.6) is 5.75 Å². The smallest absolute Gasteiger partial charge is 0.246 e. The van der Waals surface area contributed by atoms with Crippen LogP contribution in [0.2, 0.25) is 0 Å². The minimum absolute atomic E-state index is 0.00634. The maximum absolute atomic E-state index is 14.2. The molecule has 8 heteroatoms. The molecule has 8 nitrogen and oxygen atoms in total. The SMILES string of the molecule is CCCCOC1(c2ccccc2C)CN(C(=O)[C@@H](Cc2ccc(OC)cc2)n2cnc(C)c2CCC(N)=O)C1. The zero-order valence-corrected chi connectivity index (χ0v) is 23.5. The van der Waals surface area contributed by atoms with Crippen molar-refractivity contribution in [3.63, 3.8) is 0 Å². The maximum Gasteiger partial charge on any atom is 0.246 e. The Morgan fingerprint density at radius 1 is 1.10 bits per heavy atom. The van der Waals surface area contributed by atoms with Crippen molar-refractivity contribution in [1.29, 1.82) is 0 Å². The molecule has 2 aromatic carbocycles. The van der Waals surface area contributed by atoms with Crippen molar-refractivity contribution in [2.24, 2.45) is 5.73 Å². The number of hydrogen-bond acceptors (Lipinski definition) is 5. The first kappa shape index (κ1) is 28.4. The fourth-order valence-electron chi connectivity index (χ4n) is 5.36.